The van der Waals surface area contributed by atoms with Gasteiger partial charge in [-0.3, -0.25) is 4.79 Å². The molecule has 1 N–H and O–H groups in total. The molecule has 0 spiro atoms. The zero-order valence-electron chi connectivity index (χ0n) is 14.1. The minimum absolute atomic E-state index is 0.194. The number of nitrogens with one attached hydrogen (secondary N) is 1. The Balaban J connectivity index is 1.56. The van der Waals surface area contributed by atoms with Gasteiger partial charge in [0.05, 0.1) is 13.2 Å². The topological polar surface area (TPSA) is 54.5 Å². The van der Waals surface area contributed by atoms with Crippen molar-refractivity contribution in [3.05, 3.63) is 63.8 Å². The summed E-state index contributed by atoms with van der Waals surface area (Å²) in [4.78, 5) is 18.6. The van der Waals surface area contributed by atoms with Gasteiger partial charge in [-0.2, -0.15) is 0 Å². The SMILES string of the molecule is O=C(/C=C/c1ccc(Cl)cc1Cl)NCc1ccnc(N2CCOCC2)c1. The van der Waals surface area contributed by atoms with E-state index in [1.165, 1.54) is 6.08 Å². The van der Waals surface area contributed by atoms with Crippen LogP contribution in [0.4, 0.5) is 5.82 Å². The molecule has 1 aromatic carbocycles. The summed E-state index contributed by atoms with van der Waals surface area (Å²) < 4.78 is 5.36. The fraction of sp³-hybridized carbons (Fsp3) is 0.263. The number of morpholine rings is 1. The van der Waals surface area contributed by atoms with Gasteiger partial charge in [-0.15, -0.1) is 0 Å². The monoisotopic (exact) mass is 391 g/mol. The third-order valence-electron chi connectivity index (χ3n) is 3.99. The van der Waals surface area contributed by atoms with Crippen LogP contribution in [0.5, 0.6) is 0 Å². The van der Waals surface area contributed by atoms with Crippen molar-refractivity contribution in [2.24, 2.45) is 0 Å². The zero-order chi connectivity index (χ0) is 18.4. The van der Waals surface area contributed by atoms with Crippen molar-refractivity contribution in [3.63, 3.8) is 0 Å². The Labute approximate surface area is 162 Å². The highest BCUT2D eigenvalue weighted by Gasteiger charge is 2.12. The number of carbonyl (C=O) groups is 1. The quantitative estimate of drug-likeness (QED) is 0.791. The van der Waals surface area contributed by atoms with Crippen LogP contribution in [0.25, 0.3) is 6.08 Å². The predicted molar refractivity (Wildman–Crippen MR) is 105 cm³/mol. The number of benzene rings is 1. The Bertz CT molecular complexity index is 805. The van der Waals surface area contributed by atoms with E-state index in [4.69, 9.17) is 27.9 Å². The van der Waals surface area contributed by atoms with Gasteiger partial charge in [-0.25, -0.2) is 4.98 Å². The summed E-state index contributed by atoms with van der Waals surface area (Å²) in [6.07, 6.45) is 4.88. The molecule has 5 nitrogen and oxygen atoms in total. The number of halogens is 2. The van der Waals surface area contributed by atoms with Gasteiger partial charge in [0.15, 0.2) is 0 Å². The van der Waals surface area contributed by atoms with Gasteiger partial charge in [-0.1, -0.05) is 29.3 Å². The molecule has 1 saturated heterocycles. The van der Waals surface area contributed by atoms with Crippen molar-refractivity contribution in [1.82, 2.24) is 10.3 Å². The van der Waals surface area contributed by atoms with Crippen LogP contribution in [0.15, 0.2) is 42.6 Å². The Morgan fingerprint density at radius 3 is 2.81 bits per heavy atom. The first-order valence-corrected chi connectivity index (χ1v) is 9.06. The first kappa shape index (κ1) is 18.7. The number of carbonyl (C=O) groups excluding carboxylic acids is 1. The average Bonchev–Trinajstić information content (AvgIpc) is 2.66. The van der Waals surface area contributed by atoms with Gasteiger partial charge in [0.1, 0.15) is 5.82 Å². The van der Waals surface area contributed by atoms with E-state index in [2.05, 4.69) is 15.2 Å². The largest absolute Gasteiger partial charge is 0.378 e. The van der Waals surface area contributed by atoms with E-state index in [1.807, 2.05) is 12.1 Å². The molecule has 1 fully saturated rings. The highest BCUT2D eigenvalue weighted by atomic mass is 35.5. The van der Waals surface area contributed by atoms with E-state index >= 15 is 0 Å². The molecule has 26 heavy (non-hydrogen) atoms. The molecule has 7 heteroatoms. The van der Waals surface area contributed by atoms with Crippen molar-refractivity contribution in [3.8, 4) is 0 Å². The summed E-state index contributed by atoms with van der Waals surface area (Å²) in [5.74, 6) is 0.712. The van der Waals surface area contributed by atoms with Crippen molar-refractivity contribution in [1.29, 1.82) is 0 Å². The predicted octanol–water partition coefficient (Wildman–Crippen LogP) is 3.55. The maximum absolute atomic E-state index is 12.0. The number of ether oxygens (including phenoxy) is 1. The molecule has 0 unspecified atom stereocenters. The number of rotatable bonds is 5. The van der Waals surface area contributed by atoms with Crippen LogP contribution in [0.1, 0.15) is 11.1 Å². The first-order chi connectivity index (χ1) is 12.6. The Morgan fingerprint density at radius 2 is 2.04 bits per heavy atom. The van der Waals surface area contributed by atoms with Crippen molar-refractivity contribution in [2.45, 2.75) is 6.54 Å². The summed E-state index contributed by atoms with van der Waals surface area (Å²) in [6, 6.07) is 9.03. The van der Waals surface area contributed by atoms with Gasteiger partial charge in [0.25, 0.3) is 0 Å². The lowest BCUT2D eigenvalue weighted by Crippen LogP contribution is -2.36. The maximum atomic E-state index is 12.0. The molecule has 2 aromatic rings. The fourth-order valence-corrected chi connectivity index (χ4v) is 3.06. The lowest BCUT2D eigenvalue weighted by Gasteiger charge is -2.28. The zero-order valence-corrected chi connectivity index (χ0v) is 15.6. The highest BCUT2D eigenvalue weighted by molar-refractivity contribution is 6.35. The molecule has 1 aromatic heterocycles. The molecule has 1 aliphatic rings. The standard InChI is InChI=1S/C19H19Cl2N3O2/c20-16-3-1-15(17(21)12-16)2-4-19(25)23-13-14-5-6-22-18(11-14)24-7-9-26-10-8-24/h1-6,11-12H,7-10,13H2,(H,23,25)/b4-2+. The van der Waals surface area contributed by atoms with Crippen molar-refractivity contribution in [2.75, 3.05) is 31.2 Å². The number of hydrogen-bond acceptors (Lipinski definition) is 4. The second-order valence-corrected chi connectivity index (χ2v) is 6.68. The molecule has 2 heterocycles. The molecule has 0 radical (unpaired) electrons. The number of anilines is 1. The van der Waals surface area contributed by atoms with Gasteiger partial charge in [0.2, 0.25) is 5.91 Å². The minimum Gasteiger partial charge on any atom is -0.378 e. The van der Waals surface area contributed by atoms with E-state index in [9.17, 15) is 4.79 Å². The van der Waals surface area contributed by atoms with E-state index in [0.29, 0.717) is 29.8 Å². The van der Waals surface area contributed by atoms with Gasteiger partial charge in [-0.05, 0) is 41.5 Å². The summed E-state index contributed by atoms with van der Waals surface area (Å²) in [6.45, 7) is 3.50. The fourth-order valence-electron chi connectivity index (χ4n) is 2.59. The molecule has 0 aliphatic carbocycles. The van der Waals surface area contributed by atoms with Crippen LogP contribution in [0.3, 0.4) is 0 Å². The molecule has 136 valence electrons. The van der Waals surface area contributed by atoms with E-state index in [0.717, 1.165) is 30.0 Å². The molecular formula is C19H19Cl2N3O2. The molecule has 0 bridgehead atoms. The molecular weight excluding hydrogens is 373 g/mol. The van der Waals surface area contributed by atoms with Crippen LogP contribution >= 0.6 is 23.2 Å². The van der Waals surface area contributed by atoms with Gasteiger partial charge >= 0.3 is 0 Å². The van der Waals surface area contributed by atoms with Crippen LogP contribution in [-0.4, -0.2) is 37.2 Å². The second kappa shape index (κ2) is 9.03. The number of amides is 1. The van der Waals surface area contributed by atoms with Crippen molar-refractivity contribution < 1.29 is 9.53 Å². The lowest BCUT2D eigenvalue weighted by atomic mass is 10.2. The van der Waals surface area contributed by atoms with Gasteiger partial charge in [0, 0.05) is 42.0 Å². The smallest absolute Gasteiger partial charge is 0.244 e. The maximum Gasteiger partial charge on any atom is 0.244 e. The Kier molecular flexibility index (Phi) is 6.50. The molecule has 0 atom stereocenters. The molecule has 0 saturated carbocycles. The number of pyridine rings is 1. The number of nitrogens with zero attached hydrogens (tertiary/aromatic N) is 2. The Hall–Kier alpha value is -2.08. The normalized spacial score (nSPS) is 14.6. The van der Waals surface area contributed by atoms with Crippen LogP contribution in [-0.2, 0) is 16.1 Å². The minimum atomic E-state index is -0.194. The number of aromatic nitrogens is 1. The summed E-state index contributed by atoms with van der Waals surface area (Å²) in [5, 5.41) is 3.93. The summed E-state index contributed by atoms with van der Waals surface area (Å²) >= 11 is 12.0. The average molecular weight is 392 g/mol. The third kappa shape index (κ3) is 5.21. The summed E-state index contributed by atoms with van der Waals surface area (Å²) in [7, 11) is 0. The van der Waals surface area contributed by atoms with E-state index in [-0.39, 0.29) is 5.91 Å². The van der Waals surface area contributed by atoms with E-state index < -0.39 is 0 Å². The summed E-state index contributed by atoms with van der Waals surface area (Å²) in [5.41, 5.74) is 1.73. The third-order valence-corrected chi connectivity index (χ3v) is 4.55. The Morgan fingerprint density at radius 1 is 1.23 bits per heavy atom. The molecule has 1 amide bonds. The van der Waals surface area contributed by atoms with Crippen LogP contribution < -0.4 is 10.2 Å². The number of hydrogen-bond donors (Lipinski definition) is 1. The van der Waals surface area contributed by atoms with Crippen LogP contribution in [0, 0.1) is 0 Å². The van der Waals surface area contributed by atoms with Crippen LogP contribution in [0.2, 0.25) is 10.0 Å². The second-order valence-electron chi connectivity index (χ2n) is 5.84. The highest BCUT2D eigenvalue weighted by Crippen LogP contribution is 2.22. The molecule has 1 aliphatic heterocycles. The van der Waals surface area contributed by atoms with Crippen molar-refractivity contribution >= 4 is 41.0 Å². The first-order valence-electron chi connectivity index (χ1n) is 8.30. The molecule has 3 rings (SSSR count). The van der Waals surface area contributed by atoms with Gasteiger partial charge < -0.3 is 15.0 Å². The van der Waals surface area contributed by atoms with E-state index in [1.54, 1.807) is 30.5 Å². The lowest BCUT2D eigenvalue weighted by molar-refractivity contribution is -0.116.